The lowest BCUT2D eigenvalue weighted by atomic mass is 9.95. The second-order valence-electron chi connectivity index (χ2n) is 6.98. The summed E-state index contributed by atoms with van der Waals surface area (Å²) in [7, 11) is -0.783. The van der Waals surface area contributed by atoms with Gasteiger partial charge in [-0.3, -0.25) is 4.79 Å². The van der Waals surface area contributed by atoms with E-state index in [4.69, 9.17) is 0 Å². The summed E-state index contributed by atoms with van der Waals surface area (Å²) in [4.78, 5) is 12.5. The summed E-state index contributed by atoms with van der Waals surface area (Å²) >= 11 is 0. The average molecular weight is 351 g/mol. The number of hydrogen-bond acceptors (Lipinski definition) is 3. The third-order valence-corrected chi connectivity index (χ3v) is 6.98. The molecule has 0 aliphatic heterocycles. The summed E-state index contributed by atoms with van der Waals surface area (Å²) in [5.41, 5.74) is 0.495. The number of amides is 1. The van der Waals surface area contributed by atoms with E-state index in [9.17, 15) is 13.2 Å². The molecular formula is C17H25N3O3S. The largest absolute Gasteiger partial charge is 0.352 e. The molecule has 0 heterocycles. The molecular weight excluding hydrogens is 326 g/mol. The van der Waals surface area contributed by atoms with Crippen molar-refractivity contribution in [1.82, 2.24) is 9.62 Å². The van der Waals surface area contributed by atoms with Gasteiger partial charge in [-0.05, 0) is 43.2 Å². The third-order valence-electron chi connectivity index (χ3n) is 5.16. The quantitative estimate of drug-likeness (QED) is 0.846. The highest BCUT2D eigenvalue weighted by atomic mass is 32.2. The molecule has 6 nitrogen and oxygen atoms in total. The van der Waals surface area contributed by atoms with E-state index in [0.717, 1.165) is 20.9 Å². The van der Waals surface area contributed by atoms with Gasteiger partial charge in [-0.1, -0.05) is 24.6 Å². The molecule has 2 bridgehead atoms. The second-order valence-corrected chi connectivity index (χ2v) is 9.05. The topological polar surface area (TPSA) is 69.7 Å². The highest BCUT2D eigenvalue weighted by Gasteiger charge is 2.40. The van der Waals surface area contributed by atoms with E-state index in [2.05, 4.69) is 5.32 Å². The fourth-order valence-corrected chi connectivity index (χ4v) is 4.96. The van der Waals surface area contributed by atoms with E-state index < -0.39 is 10.2 Å². The van der Waals surface area contributed by atoms with Crippen LogP contribution in [0.15, 0.2) is 30.3 Å². The van der Waals surface area contributed by atoms with Gasteiger partial charge in [-0.15, -0.1) is 0 Å². The van der Waals surface area contributed by atoms with Crippen LogP contribution in [0.5, 0.6) is 0 Å². The number of rotatable bonds is 6. The van der Waals surface area contributed by atoms with E-state index in [1.54, 1.807) is 24.3 Å². The Labute approximate surface area is 144 Å². The maximum absolute atomic E-state index is 12.6. The maximum Gasteiger partial charge on any atom is 0.304 e. The Morgan fingerprint density at radius 1 is 1.17 bits per heavy atom. The van der Waals surface area contributed by atoms with Crippen molar-refractivity contribution in [3.8, 4) is 0 Å². The molecule has 2 saturated carbocycles. The van der Waals surface area contributed by atoms with Gasteiger partial charge in [0.25, 0.3) is 0 Å². The summed E-state index contributed by atoms with van der Waals surface area (Å²) in [6, 6.07) is 8.95. The molecule has 0 spiro atoms. The fourth-order valence-electron chi connectivity index (χ4n) is 3.90. The molecule has 3 rings (SSSR count). The molecule has 2 aliphatic carbocycles. The molecule has 1 N–H and O–H groups in total. The predicted octanol–water partition coefficient (Wildman–Crippen LogP) is 1.60. The minimum absolute atomic E-state index is 0.196. The molecule has 0 aromatic heterocycles. The predicted molar refractivity (Wildman–Crippen MR) is 93.8 cm³/mol. The number of carbonyl (C=O) groups excluding carboxylic acids is 1. The highest BCUT2D eigenvalue weighted by molar-refractivity contribution is 7.90. The van der Waals surface area contributed by atoms with Crippen LogP contribution >= 0.6 is 0 Å². The van der Waals surface area contributed by atoms with Crippen LogP contribution in [-0.2, 0) is 15.0 Å². The van der Waals surface area contributed by atoms with E-state index in [1.807, 2.05) is 6.07 Å². The van der Waals surface area contributed by atoms with E-state index in [0.29, 0.717) is 11.6 Å². The van der Waals surface area contributed by atoms with Crippen LogP contribution in [0, 0.1) is 11.8 Å². The van der Waals surface area contributed by atoms with Crippen LogP contribution in [0.3, 0.4) is 0 Å². The van der Waals surface area contributed by atoms with Crippen LogP contribution < -0.4 is 9.62 Å². The lowest BCUT2D eigenvalue weighted by molar-refractivity contribution is -0.120. The normalized spacial score (nSPS) is 25.9. The smallest absolute Gasteiger partial charge is 0.304 e. The lowest BCUT2D eigenvalue weighted by Crippen LogP contribution is -2.48. The summed E-state index contributed by atoms with van der Waals surface area (Å²) in [6.07, 6.45) is 4.67. The Bertz CT molecular complexity index is 690. The zero-order valence-corrected chi connectivity index (χ0v) is 15.0. The summed E-state index contributed by atoms with van der Waals surface area (Å²) in [5.74, 6) is 1.06. The summed E-state index contributed by atoms with van der Waals surface area (Å²) in [6.45, 7) is -0.196. The van der Waals surface area contributed by atoms with Gasteiger partial charge in [0.1, 0.15) is 6.54 Å². The van der Waals surface area contributed by atoms with Crippen molar-refractivity contribution in [1.29, 1.82) is 0 Å². The molecule has 7 heteroatoms. The molecule has 2 fully saturated rings. The lowest BCUT2D eigenvalue weighted by Gasteiger charge is -2.28. The van der Waals surface area contributed by atoms with Gasteiger partial charge in [0.15, 0.2) is 0 Å². The summed E-state index contributed by atoms with van der Waals surface area (Å²) in [5, 5.41) is 3.06. The van der Waals surface area contributed by atoms with Crippen LogP contribution in [0.1, 0.15) is 25.7 Å². The Hall–Kier alpha value is -1.60. The molecule has 1 aromatic carbocycles. The Balaban J connectivity index is 1.73. The van der Waals surface area contributed by atoms with Crippen molar-refractivity contribution < 1.29 is 13.2 Å². The van der Waals surface area contributed by atoms with Gasteiger partial charge in [-0.25, -0.2) is 4.31 Å². The van der Waals surface area contributed by atoms with Crippen LogP contribution in [0.2, 0.25) is 0 Å². The molecule has 132 valence electrons. The van der Waals surface area contributed by atoms with E-state index in [1.165, 1.54) is 33.4 Å². The Morgan fingerprint density at radius 3 is 2.42 bits per heavy atom. The molecule has 1 amide bonds. The molecule has 0 radical (unpaired) electrons. The number of anilines is 1. The third kappa shape index (κ3) is 3.42. The minimum atomic E-state index is -3.73. The van der Waals surface area contributed by atoms with Gasteiger partial charge >= 0.3 is 10.2 Å². The average Bonchev–Trinajstić information content (AvgIpc) is 3.16. The number of nitrogens with zero attached hydrogens (tertiary/aromatic N) is 2. The van der Waals surface area contributed by atoms with Gasteiger partial charge in [0.05, 0.1) is 5.69 Å². The molecule has 2 aliphatic rings. The number of nitrogens with one attached hydrogen (secondary N) is 1. The van der Waals surface area contributed by atoms with Gasteiger partial charge in [0.2, 0.25) is 5.91 Å². The number of fused-ring (bicyclic) bond motifs is 2. The number of para-hydroxylation sites is 1. The zero-order valence-electron chi connectivity index (χ0n) is 14.2. The zero-order chi connectivity index (χ0) is 17.3. The van der Waals surface area contributed by atoms with Crippen molar-refractivity contribution in [2.45, 2.75) is 31.7 Å². The van der Waals surface area contributed by atoms with E-state index >= 15 is 0 Å². The molecule has 0 unspecified atom stereocenters. The van der Waals surface area contributed by atoms with Crippen molar-refractivity contribution in [2.75, 3.05) is 24.9 Å². The first-order valence-corrected chi connectivity index (χ1v) is 9.82. The highest BCUT2D eigenvalue weighted by Crippen LogP contribution is 2.44. The Kier molecular flexibility index (Phi) is 4.83. The first-order valence-electron chi connectivity index (χ1n) is 8.42. The van der Waals surface area contributed by atoms with Crippen molar-refractivity contribution in [3.05, 3.63) is 30.3 Å². The van der Waals surface area contributed by atoms with Crippen molar-refractivity contribution >= 4 is 21.8 Å². The SMILES string of the molecule is CN(C)S(=O)(=O)N(CC(=O)N[C@H]1C[C@@H]2CC[C@@H]1C2)c1ccccc1. The van der Waals surface area contributed by atoms with Crippen molar-refractivity contribution in [2.24, 2.45) is 11.8 Å². The Morgan fingerprint density at radius 2 is 1.88 bits per heavy atom. The first-order chi connectivity index (χ1) is 11.4. The van der Waals surface area contributed by atoms with Crippen LogP contribution in [0.25, 0.3) is 0 Å². The summed E-state index contributed by atoms with van der Waals surface area (Å²) < 4.78 is 27.5. The molecule has 24 heavy (non-hydrogen) atoms. The monoisotopic (exact) mass is 351 g/mol. The first kappa shape index (κ1) is 17.2. The minimum Gasteiger partial charge on any atom is -0.352 e. The second kappa shape index (κ2) is 6.72. The molecule has 1 aromatic rings. The number of benzene rings is 1. The molecule has 3 atom stereocenters. The van der Waals surface area contributed by atoms with Crippen LogP contribution in [0.4, 0.5) is 5.69 Å². The van der Waals surface area contributed by atoms with Gasteiger partial charge < -0.3 is 5.32 Å². The standard InChI is InChI=1S/C17H25N3O3S/c1-19(2)24(22,23)20(15-6-4-3-5-7-15)12-17(21)18-16-11-13-8-9-14(16)10-13/h3-7,13-14,16H,8-12H2,1-2H3,(H,18,21)/t13-,14-,16+/m1/s1. The number of hydrogen-bond donors (Lipinski definition) is 1. The number of carbonyl (C=O) groups is 1. The van der Waals surface area contributed by atoms with Gasteiger partial charge in [-0.2, -0.15) is 12.7 Å². The molecule has 0 saturated heterocycles. The van der Waals surface area contributed by atoms with Crippen LogP contribution in [-0.4, -0.2) is 45.3 Å². The van der Waals surface area contributed by atoms with Crippen molar-refractivity contribution in [3.63, 3.8) is 0 Å². The fraction of sp³-hybridized carbons (Fsp3) is 0.588. The van der Waals surface area contributed by atoms with Gasteiger partial charge in [0, 0.05) is 20.1 Å². The maximum atomic E-state index is 12.6. The van der Waals surface area contributed by atoms with E-state index in [-0.39, 0.29) is 18.5 Å².